The van der Waals surface area contributed by atoms with Gasteiger partial charge in [0.1, 0.15) is 0 Å². The normalized spacial score (nSPS) is 10.2. The van der Waals surface area contributed by atoms with Crippen molar-refractivity contribution in [3.63, 3.8) is 0 Å². The fourth-order valence-corrected chi connectivity index (χ4v) is 1.37. The number of aromatic nitrogens is 3. The summed E-state index contributed by atoms with van der Waals surface area (Å²) < 4.78 is 1.63. The van der Waals surface area contributed by atoms with E-state index < -0.39 is 5.97 Å². The van der Waals surface area contributed by atoms with Crippen LogP contribution in [0, 0.1) is 0 Å². The molecular formula is C11H11N3O2. The Labute approximate surface area is 92.4 Å². The quantitative estimate of drug-likeness (QED) is 0.840. The lowest BCUT2D eigenvalue weighted by Gasteiger charge is -1.97. The topological polar surface area (TPSA) is 68.0 Å². The summed E-state index contributed by atoms with van der Waals surface area (Å²) in [7, 11) is 0. The second kappa shape index (κ2) is 4.57. The minimum absolute atomic E-state index is 0.0808. The molecule has 2 rings (SSSR count). The van der Waals surface area contributed by atoms with Crippen LogP contribution in [0.3, 0.4) is 0 Å². The van der Waals surface area contributed by atoms with Crippen LogP contribution in [0.2, 0.25) is 0 Å². The molecule has 82 valence electrons. The van der Waals surface area contributed by atoms with Gasteiger partial charge in [-0.05, 0) is 18.2 Å². The summed E-state index contributed by atoms with van der Waals surface area (Å²) in [5, 5.41) is 12.8. The maximum absolute atomic E-state index is 10.4. The van der Waals surface area contributed by atoms with E-state index >= 15 is 0 Å². The Bertz CT molecular complexity index is 479. The van der Waals surface area contributed by atoms with Crippen LogP contribution in [0.5, 0.6) is 0 Å². The molecule has 0 aliphatic carbocycles. The fourth-order valence-electron chi connectivity index (χ4n) is 1.37. The van der Waals surface area contributed by atoms with Gasteiger partial charge < -0.3 is 5.11 Å². The second-order valence-corrected chi connectivity index (χ2v) is 3.34. The van der Waals surface area contributed by atoms with Gasteiger partial charge in [0.15, 0.2) is 0 Å². The molecule has 0 fully saturated rings. The number of pyridine rings is 1. The van der Waals surface area contributed by atoms with Crippen LogP contribution in [-0.4, -0.2) is 25.8 Å². The summed E-state index contributed by atoms with van der Waals surface area (Å²) in [5.74, 6) is -0.819. The number of nitrogens with zero attached hydrogens (tertiary/aromatic N) is 3. The average Bonchev–Trinajstić information content (AvgIpc) is 2.76. The number of carbonyl (C=O) groups is 1. The third-order valence-electron chi connectivity index (χ3n) is 2.17. The van der Waals surface area contributed by atoms with E-state index in [0.717, 1.165) is 11.3 Å². The molecule has 0 aliphatic heterocycles. The third-order valence-corrected chi connectivity index (χ3v) is 2.17. The van der Waals surface area contributed by atoms with E-state index in [1.165, 1.54) is 0 Å². The first-order valence-corrected chi connectivity index (χ1v) is 4.91. The molecule has 1 N–H and O–H groups in total. The monoisotopic (exact) mass is 217 g/mol. The van der Waals surface area contributed by atoms with Crippen LogP contribution in [-0.2, 0) is 11.3 Å². The minimum Gasteiger partial charge on any atom is -0.481 e. The highest BCUT2D eigenvalue weighted by Crippen LogP contribution is 2.14. The largest absolute Gasteiger partial charge is 0.481 e. The molecule has 16 heavy (non-hydrogen) atoms. The highest BCUT2D eigenvalue weighted by molar-refractivity contribution is 5.66. The smallest absolute Gasteiger partial charge is 0.305 e. The molecule has 5 nitrogen and oxygen atoms in total. The number of carboxylic acids is 1. The molecule has 0 saturated carbocycles. The summed E-state index contributed by atoms with van der Waals surface area (Å²) in [6, 6.07) is 5.59. The van der Waals surface area contributed by atoms with Crippen LogP contribution in [0.15, 0.2) is 36.8 Å². The lowest BCUT2D eigenvalue weighted by Crippen LogP contribution is -2.04. The van der Waals surface area contributed by atoms with Gasteiger partial charge in [-0.25, -0.2) is 0 Å². The SMILES string of the molecule is O=C(O)CCn1ccc(-c2ccncc2)n1. The molecule has 0 unspecified atom stereocenters. The first-order chi connectivity index (χ1) is 7.75. The van der Waals surface area contributed by atoms with Crippen molar-refractivity contribution >= 4 is 5.97 Å². The summed E-state index contributed by atoms with van der Waals surface area (Å²) in [5.41, 5.74) is 1.80. The first-order valence-electron chi connectivity index (χ1n) is 4.91. The number of carboxylic acid groups (broad SMARTS) is 1. The molecule has 0 atom stereocenters. The molecule has 5 heteroatoms. The molecule has 0 aliphatic rings. The van der Waals surface area contributed by atoms with Crippen LogP contribution in [0.25, 0.3) is 11.3 Å². The minimum atomic E-state index is -0.819. The predicted molar refractivity (Wildman–Crippen MR) is 57.7 cm³/mol. The zero-order chi connectivity index (χ0) is 11.4. The van der Waals surface area contributed by atoms with Crippen molar-refractivity contribution in [1.29, 1.82) is 0 Å². The van der Waals surface area contributed by atoms with E-state index in [9.17, 15) is 4.79 Å². The van der Waals surface area contributed by atoms with Gasteiger partial charge in [0.05, 0.1) is 18.7 Å². The second-order valence-electron chi connectivity index (χ2n) is 3.34. The van der Waals surface area contributed by atoms with E-state index in [0.29, 0.717) is 6.54 Å². The van der Waals surface area contributed by atoms with Gasteiger partial charge in [0, 0.05) is 24.2 Å². The molecule has 2 aromatic rings. The highest BCUT2D eigenvalue weighted by Gasteiger charge is 2.03. The number of aryl methyl sites for hydroxylation is 1. The predicted octanol–water partition coefficient (Wildman–Crippen LogP) is 1.42. The van der Waals surface area contributed by atoms with E-state index in [2.05, 4.69) is 10.1 Å². The Hall–Kier alpha value is -2.17. The Balaban J connectivity index is 2.11. The molecule has 0 radical (unpaired) electrons. The lowest BCUT2D eigenvalue weighted by molar-refractivity contribution is -0.137. The molecule has 0 spiro atoms. The van der Waals surface area contributed by atoms with Gasteiger partial charge in [-0.15, -0.1) is 0 Å². The summed E-state index contributed by atoms with van der Waals surface area (Å²) in [6.45, 7) is 0.389. The zero-order valence-electron chi connectivity index (χ0n) is 8.58. The Morgan fingerprint density at radius 2 is 2.06 bits per heavy atom. The molecule has 0 aromatic carbocycles. The summed E-state index contributed by atoms with van der Waals surface area (Å²) in [4.78, 5) is 14.3. The lowest BCUT2D eigenvalue weighted by atomic mass is 10.2. The summed E-state index contributed by atoms with van der Waals surface area (Å²) >= 11 is 0. The fraction of sp³-hybridized carbons (Fsp3) is 0.182. The number of hydrogen-bond donors (Lipinski definition) is 1. The molecule has 2 heterocycles. The van der Waals surface area contributed by atoms with Crippen LogP contribution in [0.4, 0.5) is 0 Å². The van der Waals surface area contributed by atoms with Crippen molar-refractivity contribution in [2.45, 2.75) is 13.0 Å². The van der Waals surface area contributed by atoms with E-state index in [1.807, 2.05) is 18.2 Å². The number of hydrogen-bond acceptors (Lipinski definition) is 3. The van der Waals surface area contributed by atoms with Crippen molar-refractivity contribution < 1.29 is 9.90 Å². The van der Waals surface area contributed by atoms with Crippen molar-refractivity contribution in [3.05, 3.63) is 36.8 Å². The zero-order valence-corrected chi connectivity index (χ0v) is 8.58. The van der Waals surface area contributed by atoms with E-state index in [-0.39, 0.29) is 6.42 Å². The maximum Gasteiger partial charge on any atom is 0.305 e. The average molecular weight is 217 g/mol. The molecular weight excluding hydrogens is 206 g/mol. The molecule has 2 aromatic heterocycles. The van der Waals surface area contributed by atoms with Gasteiger partial charge in [-0.3, -0.25) is 14.5 Å². The van der Waals surface area contributed by atoms with Crippen molar-refractivity contribution in [2.75, 3.05) is 0 Å². The van der Waals surface area contributed by atoms with Gasteiger partial charge in [-0.1, -0.05) is 0 Å². The van der Waals surface area contributed by atoms with E-state index in [4.69, 9.17) is 5.11 Å². The van der Waals surface area contributed by atoms with Crippen LogP contribution < -0.4 is 0 Å². The summed E-state index contributed by atoms with van der Waals surface area (Å²) in [6.07, 6.45) is 5.26. The highest BCUT2D eigenvalue weighted by atomic mass is 16.4. The Morgan fingerprint density at radius 1 is 1.31 bits per heavy atom. The number of aliphatic carboxylic acids is 1. The Kier molecular flexibility index (Phi) is 2.95. The number of rotatable bonds is 4. The van der Waals surface area contributed by atoms with Crippen molar-refractivity contribution in [1.82, 2.24) is 14.8 Å². The first kappa shape index (κ1) is 10.4. The van der Waals surface area contributed by atoms with E-state index in [1.54, 1.807) is 23.3 Å². The van der Waals surface area contributed by atoms with Crippen molar-refractivity contribution in [3.8, 4) is 11.3 Å². The van der Waals surface area contributed by atoms with Gasteiger partial charge in [-0.2, -0.15) is 5.10 Å². The maximum atomic E-state index is 10.4. The van der Waals surface area contributed by atoms with Crippen LogP contribution in [0.1, 0.15) is 6.42 Å². The van der Waals surface area contributed by atoms with Gasteiger partial charge in [0.2, 0.25) is 0 Å². The molecule has 0 saturated heterocycles. The van der Waals surface area contributed by atoms with Gasteiger partial charge >= 0.3 is 5.97 Å². The molecule has 0 amide bonds. The Morgan fingerprint density at radius 3 is 2.75 bits per heavy atom. The van der Waals surface area contributed by atoms with Crippen molar-refractivity contribution in [2.24, 2.45) is 0 Å². The third kappa shape index (κ3) is 2.44. The van der Waals surface area contributed by atoms with Crippen LogP contribution >= 0.6 is 0 Å². The molecule has 0 bridgehead atoms. The standard InChI is InChI=1S/C11H11N3O2/c15-11(16)4-8-14-7-3-10(13-14)9-1-5-12-6-2-9/h1-3,5-7H,4,8H2,(H,15,16). The van der Waals surface area contributed by atoms with Gasteiger partial charge in [0.25, 0.3) is 0 Å².